The van der Waals surface area contributed by atoms with E-state index >= 15 is 0 Å². The molecule has 0 amide bonds. The first-order valence-electron chi connectivity index (χ1n) is 11.3. The molecule has 0 radical (unpaired) electrons. The van der Waals surface area contributed by atoms with E-state index in [0.717, 1.165) is 24.9 Å². The summed E-state index contributed by atoms with van der Waals surface area (Å²) in [5, 5.41) is 0. The maximum absolute atomic E-state index is 5.72. The van der Waals surface area contributed by atoms with E-state index in [1.54, 1.807) is 0 Å². The highest BCUT2D eigenvalue weighted by Crippen LogP contribution is 2.38. The average molecular weight is 389 g/mol. The van der Waals surface area contributed by atoms with Crippen LogP contribution in [0.25, 0.3) is 11.1 Å². The Bertz CT molecular complexity index is 746. The Morgan fingerprint density at radius 3 is 2.17 bits per heavy atom. The molecule has 29 heavy (non-hydrogen) atoms. The van der Waals surface area contributed by atoms with Crippen molar-refractivity contribution in [1.82, 2.24) is 0 Å². The Morgan fingerprint density at radius 1 is 0.897 bits per heavy atom. The van der Waals surface area contributed by atoms with Gasteiger partial charge in [-0.3, -0.25) is 0 Å². The van der Waals surface area contributed by atoms with Crippen molar-refractivity contribution in [2.45, 2.75) is 64.4 Å². The number of ether oxygens (including phenoxy) is 1. The van der Waals surface area contributed by atoms with Gasteiger partial charge in [-0.25, -0.2) is 0 Å². The van der Waals surface area contributed by atoms with E-state index in [-0.39, 0.29) is 0 Å². The van der Waals surface area contributed by atoms with E-state index in [9.17, 15) is 0 Å². The summed E-state index contributed by atoms with van der Waals surface area (Å²) in [5.41, 5.74) is 5.33. The maximum Gasteiger partial charge on any atom is 0.0717 e. The Balaban J connectivity index is 1.50. The molecule has 0 bridgehead atoms. The summed E-state index contributed by atoms with van der Waals surface area (Å²) in [7, 11) is 0. The summed E-state index contributed by atoms with van der Waals surface area (Å²) in [5.74, 6) is 1.65. The molecule has 154 valence electrons. The van der Waals surface area contributed by atoms with Gasteiger partial charge in [0.25, 0.3) is 0 Å². The van der Waals surface area contributed by atoms with Gasteiger partial charge in [-0.2, -0.15) is 0 Å². The third kappa shape index (κ3) is 6.72. The highest BCUT2D eigenvalue weighted by Gasteiger charge is 2.21. The van der Waals surface area contributed by atoms with Crippen molar-refractivity contribution in [3.63, 3.8) is 0 Å². The van der Waals surface area contributed by atoms with Crippen LogP contribution in [0.2, 0.25) is 0 Å². The molecule has 2 aromatic rings. The Kier molecular flexibility index (Phi) is 8.77. The minimum absolute atomic E-state index is 0.687. The first kappa shape index (κ1) is 21.6. The lowest BCUT2D eigenvalue weighted by Crippen LogP contribution is -2.13. The lowest BCUT2D eigenvalue weighted by molar-refractivity contribution is 0.125. The van der Waals surface area contributed by atoms with Crippen LogP contribution in [0.4, 0.5) is 0 Å². The largest absolute Gasteiger partial charge is 0.376 e. The summed E-state index contributed by atoms with van der Waals surface area (Å²) in [6, 6.07) is 18.1. The molecule has 0 aliphatic heterocycles. The van der Waals surface area contributed by atoms with Gasteiger partial charge in [0.05, 0.1) is 13.2 Å². The molecule has 0 atom stereocenters. The molecule has 1 fully saturated rings. The molecule has 1 aliphatic rings. The fourth-order valence-corrected chi connectivity index (χ4v) is 4.39. The zero-order valence-corrected chi connectivity index (χ0v) is 18.0. The van der Waals surface area contributed by atoms with E-state index in [1.807, 2.05) is 6.92 Å². The first-order valence-corrected chi connectivity index (χ1v) is 11.3. The molecule has 2 aromatic carbocycles. The summed E-state index contributed by atoms with van der Waals surface area (Å²) in [6.45, 7) is 7.37. The van der Waals surface area contributed by atoms with Gasteiger partial charge in [-0.1, -0.05) is 66.8 Å². The number of allylic oxidation sites excluding steroid dienone is 2. The van der Waals surface area contributed by atoms with Gasteiger partial charge in [0.15, 0.2) is 0 Å². The third-order valence-electron chi connectivity index (χ3n) is 6.23. The smallest absolute Gasteiger partial charge is 0.0717 e. The minimum atomic E-state index is 0.687. The van der Waals surface area contributed by atoms with Crippen molar-refractivity contribution in [2.24, 2.45) is 5.92 Å². The highest BCUT2D eigenvalue weighted by molar-refractivity contribution is 5.64. The van der Waals surface area contributed by atoms with Crippen molar-refractivity contribution in [2.75, 3.05) is 6.61 Å². The second kappa shape index (κ2) is 11.8. The van der Waals surface area contributed by atoms with Crippen LogP contribution in [0.1, 0.15) is 68.9 Å². The van der Waals surface area contributed by atoms with Crippen LogP contribution < -0.4 is 0 Å². The number of benzene rings is 2. The predicted molar refractivity (Wildman–Crippen MR) is 125 cm³/mol. The second-order valence-electron chi connectivity index (χ2n) is 8.31. The van der Waals surface area contributed by atoms with E-state index in [4.69, 9.17) is 4.74 Å². The average Bonchev–Trinajstić information content (AvgIpc) is 2.78. The third-order valence-corrected chi connectivity index (χ3v) is 6.23. The molecule has 0 unspecified atom stereocenters. The first-order chi connectivity index (χ1) is 14.3. The molecule has 0 spiro atoms. The van der Waals surface area contributed by atoms with Gasteiger partial charge in [-0.05, 0) is 86.0 Å². The standard InChI is InChI=1S/C28H36O/c1-3-5-7-21-29-22-24-11-15-26(16-12-24)28-19-17-27(18-20-28)25-13-9-23(10-14-25)8-6-4-2/h3-5,11-12,15-20,23,25H,2,6-10,13-14,21-22H2,1H3/b5-3+. The summed E-state index contributed by atoms with van der Waals surface area (Å²) >= 11 is 0. The molecular formula is C28H36O. The van der Waals surface area contributed by atoms with Crippen LogP contribution >= 0.6 is 0 Å². The van der Waals surface area contributed by atoms with Crippen LogP contribution in [-0.4, -0.2) is 6.61 Å². The van der Waals surface area contributed by atoms with E-state index < -0.39 is 0 Å². The topological polar surface area (TPSA) is 9.23 Å². The molecular weight excluding hydrogens is 352 g/mol. The van der Waals surface area contributed by atoms with Gasteiger partial charge in [0, 0.05) is 0 Å². The quantitative estimate of drug-likeness (QED) is 0.295. The molecule has 0 N–H and O–H groups in total. The van der Waals surface area contributed by atoms with Gasteiger partial charge < -0.3 is 4.74 Å². The SMILES string of the molecule is C=CCCC1CCC(c2ccc(-c3ccc(COCC/C=C/C)cc3)cc2)CC1. The maximum atomic E-state index is 5.72. The Hall–Kier alpha value is -2.12. The lowest BCUT2D eigenvalue weighted by Gasteiger charge is -2.28. The normalized spacial score (nSPS) is 19.5. The molecule has 0 aromatic heterocycles. The fraction of sp³-hybridized carbons (Fsp3) is 0.429. The zero-order valence-electron chi connectivity index (χ0n) is 18.0. The summed E-state index contributed by atoms with van der Waals surface area (Å²) in [4.78, 5) is 0. The van der Waals surface area contributed by atoms with Crippen molar-refractivity contribution >= 4 is 0 Å². The van der Waals surface area contributed by atoms with E-state index in [1.165, 1.54) is 60.8 Å². The van der Waals surface area contributed by atoms with Gasteiger partial charge in [-0.15, -0.1) is 6.58 Å². The molecule has 1 nitrogen and oxygen atoms in total. The molecule has 0 saturated heterocycles. The fourth-order valence-electron chi connectivity index (χ4n) is 4.39. The van der Waals surface area contributed by atoms with E-state index in [0.29, 0.717) is 6.61 Å². The predicted octanol–water partition coefficient (Wildman–Crippen LogP) is 8.08. The highest BCUT2D eigenvalue weighted by atomic mass is 16.5. The second-order valence-corrected chi connectivity index (χ2v) is 8.31. The lowest BCUT2D eigenvalue weighted by atomic mass is 9.77. The monoisotopic (exact) mass is 388 g/mol. The van der Waals surface area contributed by atoms with Crippen LogP contribution in [0, 0.1) is 5.92 Å². The summed E-state index contributed by atoms with van der Waals surface area (Å²) < 4.78 is 5.72. The van der Waals surface area contributed by atoms with Crippen molar-refractivity contribution in [1.29, 1.82) is 0 Å². The van der Waals surface area contributed by atoms with Crippen molar-refractivity contribution in [3.05, 3.63) is 84.5 Å². The van der Waals surface area contributed by atoms with Crippen LogP contribution in [-0.2, 0) is 11.3 Å². The van der Waals surface area contributed by atoms with Crippen molar-refractivity contribution < 1.29 is 4.74 Å². The molecule has 1 aliphatic carbocycles. The van der Waals surface area contributed by atoms with Crippen LogP contribution in [0.3, 0.4) is 0 Å². The molecule has 1 saturated carbocycles. The Labute approximate surface area is 177 Å². The van der Waals surface area contributed by atoms with Crippen LogP contribution in [0.5, 0.6) is 0 Å². The van der Waals surface area contributed by atoms with Crippen molar-refractivity contribution in [3.8, 4) is 11.1 Å². The molecule has 1 heteroatoms. The number of hydrogen-bond donors (Lipinski definition) is 0. The van der Waals surface area contributed by atoms with Gasteiger partial charge in [0.1, 0.15) is 0 Å². The number of hydrogen-bond acceptors (Lipinski definition) is 1. The molecule has 3 rings (SSSR count). The van der Waals surface area contributed by atoms with Gasteiger partial charge >= 0.3 is 0 Å². The summed E-state index contributed by atoms with van der Waals surface area (Å²) in [6.07, 6.45) is 15.2. The van der Waals surface area contributed by atoms with E-state index in [2.05, 4.69) is 73.3 Å². The minimum Gasteiger partial charge on any atom is -0.376 e. The van der Waals surface area contributed by atoms with Crippen LogP contribution in [0.15, 0.2) is 73.3 Å². The zero-order chi connectivity index (χ0) is 20.3. The van der Waals surface area contributed by atoms with Gasteiger partial charge in [0.2, 0.25) is 0 Å². The number of rotatable bonds is 10. The Morgan fingerprint density at radius 2 is 1.55 bits per heavy atom. The molecule has 0 heterocycles.